The monoisotopic (exact) mass is 417 g/mol. The number of anilines is 1. The normalized spacial score (nSPS) is 10.6. The van der Waals surface area contributed by atoms with Crippen LogP contribution in [0.2, 0.25) is 0 Å². The number of para-hydroxylation sites is 1. The van der Waals surface area contributed by atoms with Gasteiger partial charge in [-0.2, -0.15) is 5.10 Å². The Balaban J connectivity index is 2.15. The van der Waals surface area contributed by atoms with Crippen LogP contribution in [0.3, 0.4) is 0 Å². The molecule has 0 fully saturated rings. The van der Waals surface area contributed by atoms with Gasteiger partial charge in [-0.1, -0.05) is 12.1 Å². The molecule has 0 saturated heterocycles. The molecule has 8 nitrogen and oxygen atoms in total. The number of carbonyl (C=O) groups is 3. The van der Waals surface area contributed by atoms with E-state index < -0.39 is 12.0 Å². The van der Waals surface area contributed by atoms with Gasteiger partial charge in [0, 0.05) is 5.56 Å². The fourth-order valence-corrected chi connectivity index (χ4v) is 3.64. The third kappa shape index (κ3) is 5.64. The molecular formula is C20H23N3O5S. The van der Waals surface area contributed by atoms with Crippen LogP contribution < -0.4 is 15.5 Å². The summed E-state index contributed by atoms with van der Waals surface area (Å²) >= 11 is 1.02. The average molecular weight is 417 g/mol. The van der Waals surface area contributed by atoms with Crippen LogP contribution in [-0.4, -0.2) is 37.2 Å². The van der Waals surface area contributed by atoms with Gasteiger partial charge in [-0.15, -0.1) is 11.3 Å². The molecular weight excluding hydrogens is 394 g/mol. The summed E-state index contributed by atoms with van der Waals surface area (Å²) in [7, 11) is 0. The van der Waals surface area contributed by atoms with Gasteiger partial charge < -0.3 is 9.47 Å². The van der Waals surface area contributed by atoms with Crippen LogP contribution in [0.25, 0.3) is 0 Å². The molecule has 29 heavy (non-hydrogen) atoms. The van der Waals surface area contributed by atoms with Gasteiger partial charge in [0.1, 0.15) is 10.8 Å². The maximum absolute atomic E-state index is 12.3. The number of amides is 2. The van der Waals surface area contributed by atoms with E-state index in [1.807, 2.05) is 19.1 Å². The summed E-state index contributed by atoms with van der Waals surface area (Å²) in [5.41, 5.74) is 3.69. The number of hydrazone groups is 1. The highest BCUT2D eigenvalue weighted by Crippen LogP contribution is 2.34. The standard InChI is InChI=1S/C20H23N3O5S/c1-5-27-15-10-8-7-9-14(15)11-21-23-20(26)22-18-16(19(25)28-6-2)12(3)17(29-18)13(4)24/h7-11H,5-6H2,1-4H3,(H2,22,23,26). The van der Waals surface area contributed by atoms with Crippen molar-refractivity contribution in [3.05, 3.63) is 45.8 Å². The Morgan fingerprint density at radius 1 is 1.17 bits per heavy atom. The molecule has 2 N–H and O–H groups in total. The van der Waals surface area contributed by atoms with Crippen molar-refractivity contribution >= 4 is 40.3 Å². The zero-order valence-corrected chi connectivity index (χ0v) is 17.5. The number of ketones is 1. The van der Waals surface area contributed by atoms with E-state index in [1.165, 1.54) is 13.1 Å². The van der Waals surface area contributed by atoms with Crippen molar-refractivity contribution in [2.75, 3.05) is 18.5 Å². The Labute approximate surface area is 172 Å². The van der Waals surface area contributed by atoms with E-state index in [4.69, 9.17) is 9.47 Å². The molecule has 2 amide bonds. The molecule has 1 aromatic carbocycles. The first-order valence-corrected chi connectivity index (χ1v) is 9.83. The first-order valence-electron chi connectivity index (χ1n) is 9.02. The van der Waals surface area contributed by atoms with Gasteiger partial charge in [0.25, 0.3) is 0 Å². The number of hydrogen-bond acceptors (Lipinski definition) is 7. The van der Waals surface area contributed by atoms with Crippen LogP contribution in [-0.2, 0) is 4.74 Å². The zero-order chi connectivity index (χ0) is 21.4. The number of thiophene rings is 1. The van der Waals surface area contributed by atoms with E-state index >= 15 is 0 Å². The predicted octanol–water partition coefficient (Wildman–Crippen LogP) is 3.99. The number of Topliss-reactive ketones (excluding diaryl/α,β-unsaturated/α-hetero) is 1. The first-order chi connectivity index (χ1) is 13.9. The fraction of sp³-hybridized carbons (Fsp3) is 0.300. The van der Waals surface area contributed by atoms with Crippen LogP contribution in [0.5, 0.6) is 5.75 Å². The molecule has 2 rings (SSSR count). The highest BCUT2D eigenvalue weighted by molar-refractivity contribution is 7.18. The second-order valence-corrected chi connectivity index (χ2v) is 6.85. The zero-order valence-electron chi connectivity index (χ0n) is 16.7. The summed E-state index contributed by atoms with van der Waals surface area (Å²) in [6, 6.07) is 6.61. The van der Waals surface area contributed by atoms with Gasteiger partial charge in [-0.3, -0.25) is 10.1 Å². The van der Waals surface area contributed by atoms with Gasteiger partial charge in [0.2, 0.25) is 0 Å². The fourth-order valence-electron chi connectivity index (χ4n) is 2.55. The predicted molar refractivity (Wildman–Crippen MR) is 112 cm³/mol. The van der Waals surface area contributed by atoms with Crippen molar-refractivity contribution < 1.29 is 23.9 Å². The number of carbonyl (C=O) groups excluding carboxylic acids is 3. The van der Waals surface area contributed by atoms with E-state index in [0.29, 0.717) is 28.4 Å². The summed E-state index contributed by atoms with van der Waals surface area (Å²) in [6.45, 7) is 7.28. The topological polar surface area (TPSA) is 106 Å². The van der Waals surface area contributed by atoms with Crippen molar-refractivity contribution in [1.82, 2.24) is 5.43 Å². The van der Waals surface area contributed by atoms with Crippen LogP contribution in [0.1, 0.15) is 51.9 Å². The summed E-state index contributed by atoms with van der Waals surface area (Å²) in [4.78, 5) is 36.7. The molecule has 0 aliphatic carbocycles. The second-order valence-electron chi connectivity index (χ2n) is 5.83. The van der Waals surface area contributed by atoms with Gasteiger partial charge in [0.15, 0.2) is 5.78 Å². The van der Waals surface area contributed by atoms with Crippen LogP contribution in [0.4, 0.5) is 9.80 Å². The molecule has 1 aromatic heterocycles. The minimum absolute atomic E-state index is 0.169. The van der Waals surface area contributed by atoms with Gasteiger partial charge >= 0.3 is 12.0 Å². The number of benzene rings is 1. The molecule has 2 aromatic rings. The highest BCUT2D eigenvalue weighted by atomic mass is 32.1. The highest BCUT2D eigenvalue weighted by Gasteiger charge is 2.25. The van der Waals surface area contributed by atoms with E-state index in [-0.39, 0.29) is 23.0 Å². The van der Waals surface area contributed by atoms with E-state index in [1.54, 1.807) is 26.0 Å². The van der Waals surface area contributed by atoms with Crippen LogP contribution in [0, 0.1) is 6.92 Å². The Morgan fingerprint density at radius 3 is 2.55 bits per heavy atom. The summed E-state index contributed by atoms with van der Waals surface area (Å²) in [6.07, 6.45) is 1.46. The average Bonchev–Trinajstić information content (AvgIpc) is 2.99. The summed E-state index contributed by atoms with van der Waals surface area (Å²) in [5, 5.41) is 6.70. The largest absolute Gasteiger partial charge is 0.493 e. The number of urea groups is 1. The van der Waals surface area contributed by atoms with E-state index in [2.05, 4.69) is 15.8 Å². The molecule has 0 aliphatic rings. The Hall–Kier alpha value is -3.20. The SMILES string of the molecule is CCOC(=O)c1c(NC(=O)NN=Cc2ccccc2OCC)sc(C(C)=O)c1C. The van der Waals surface area contributed by atoms with Crippen molar-refractivity contribution in [2.24, 2.45) is 5.10 Å². The molecule has 0 aliphatic heterocycles. The number of ether oxygens (including phenoxy) is 2. The maximum Gasteiger partial charge on any atom is 0.341 e. The van der Waals surface area contributed by atoms with Crippen LogP contribution in [0.15, 0.2) is 29.4 Å². The van der Waals surface area contributed by atoms with Gasteiger partial charge in [-0.25, -0.2) is 15.0 Å². The van der Waals surface area contributed by atoms with Crippen molar-refractivity contribution in [3.8, 4) is 5.75 Å². The minimum atomic E-state index is -0.656. The van der Waals surface area contributed by atoms with E-state index in [0.717, 1.165) is 11.3 Å². The molecule has 154 valence electrons. The molecule has 1 heterocycles. The Kier molecular flexibility index (Phi) is 7.90. The van der Waals surface area contributed by atoms with E-state index in [9.17, 15) is 14.4 Å². The third-order valence-corrected chi connectivity index (χ3v) is 5.07. The smallest absolute Gasteiger partial charge is 0.341 e. The number of esters is 1. The lowest BCUT2D eigenvalue weighted by atomic mass is 10.1. The Bertz CT molecular complexity index is 936. The number of nitrogens with zero attached hydrogens (tertiary/aromatic N) is 1. The molecule has 0 spiro atoms. The molecule has 0 unspecified atom stereocenters. The van der Waals surface area contributed by atoms with Crippen molar-refractivity contribution in [2.45, 2.75) is 27.7 Å². The molecule has 0 saturated carbocycles. The minimum Gasteiger partial charge on any atom is -0.493 e. The van der Waals surface area contributed by atoms with Gasteiger partial charge in [-0.05, 0) is 45.4 Å². The number of hydrogen-bond donors (Lipinski definition) is 2. The molecule has 0 radical (unpaired) electrons. The van der Waals surface area contributed by atoms with Crippen molar-refractivity contribution in [1.29, 1.82) is 0 Å². The maximum atomic E-state index is 12.3. The number of rotatable bonds is 8. The molecule has 9 heteroatoms. The van der Waals surface area contributed by atoms with Gasteiger partial charge in [0.05, 0.1) is 29.9 Å². The molecule has 0 bridgehead atoms. The first kappa shape index (κ1) is 22.1. The lowest BCUT2D eigenvalue weighted by Crippen LogP contribution is -2.25. The Morgan fingerprint density at radius 2 is 1.90 bits per heavy atom. The lowest BCUT2D eigenvalue weighted by molar-refractivity contribution is 0.0527. The lowest BCUT2D eigenvalue weighted by Gasteiger charge is -2.07. The quantitative estimate of drug-likeness (QED) is 0.292. The van der Waals surface area contributed by atoms with Crippen LogP contribution >= 0.6 is 11.3 Å². The summed E-state index contributed by atoms with van der Waals surface area (Å²) in [5.74, 6) is -0.152. The second kappa shape index (κ2) is 10.4. The van der Waals surface area contributed by atoms with Crippen molar-refractivity contribution in [3.63, 3.8) is 0 Å². The molecule has 0 atom stereocenters. The third-order valence-electron chi connectivity index (χ3n) is 3.76. The number of nitrogens with one attached hydrogen (secondary N) is 2. The summed E-state index contributed by atoms with van der Waals surface area (Å²) < 4.78 is 10.5.